The van der Waals surface area contributed by atoms with E-state index in [1.807, 2.05) is 6.07 Å². The lowest BCUT2D eigenvalue weighted by Gasteiger charge is -2.07. The predicted molar refractivity (Wildman–Crippen MR) is 69.3 cm³/mol. The van der Waals surface area contributed by atoms with Gasteiger partial charge in [0.15, 0.2) is 0 Å². The zero-order valence-corrected chi connectivity index (χ0v) is 11.4. The summed E-state index contributed by atoms with van der Waals surface area (Å²) < 4.78 is 1.96. The average molecular weight is 315 g/mol. The van der Waals surface area contributed by atoms with Crippen LogP contribution in [0.1, 0.15) is 11.3 Å². The zero-order chi connectivity index (χ0) is 12.4. The Morgan fingerprint density at radius 3 is 2.94 bits per heavy atom. The highest BCUT2D eigenvalue weighted by Crippen LogP contribution is 2.13. The third kappa shape index (κ3) is 2.56. The van der Waals surface area contributed by atoms with E-state index in [2.05, 4.69) is 25.9 Å². The Hall–Kier alpha value is -1.20. The highest BCUT2D eigenvalue weighted by atomic mass is 79.9. The molecule has 4 nitrogen and oxygen atoms in total. The molecule has 0 aliphatic rings. The smallest absolute Gasteiger partial charge is 0.268 e. The summed E-state index contributed by atoms with van der Waals surface area (Å²) in [6, 6.07) is 3.61. The van der Waals surface area contributed by atoms with Crippen molar-refractivity contribution < 1.29 is 0 Å². The van der Waals surface area contributed by atoms with E-state index in [1.165, 1.54) is 10.9 Å². The highest BCUT2D eigenvalue weighted by molar-refractivity contribution is 9.10. The van der Waals surface area contributed by atoms with Crippen molar-refractivity contribution in [2.24, 2.45) is 0 Å². The Bertz CT molecular complexity index is 612. The largest absolute Gasteiger partial charge is 0.294 e. The van der Waals surface area contributed by atoms with Gasteiger partial charge in [0.05, 0.1) is 18.6 Å². The molecule has 0 amide bonds. The van der Waals surface area contributed by atoms with Crippen LogP contribution in [-0.4, -0.2) is 14.5 Å². The van der Waals surface area contributed by atoms with Gasteiger partial charge in [0, 0.05) is 11.8 Å². The third-order valence-corrected chi connectivity index (χ3v) is 3.59. The maximum absolute atomic E-state index is 11.9. The third-order valence-electron chi connectivity index (χ3n) is 2.33. The quantitative estimate of drug-likeness (QED) is 0.800. The molecule has 2 heterocycles. The number of halogens is 2. The molecule has 0 radical (unpaired) electrons. The second kappa shape index (κ2) is 4.98. The first-order chi connectivity index (χ1) is 8.09. The summed E-state index contributed by atoms with van der Waals surface area (Å²) in [5.41, 5.74) is 1.33. The Morgan fingerprint density at radius 2 is 2.24 bits per heavy atom. The fourth-order valence-electron chi connectivity index (χ4n) is 1.38. The maximum atomic E-state index is 11.9. The minimum Gasteiger partial charge on any atom is -0.294 e. The first-order valence-corrected chi connectivity index (χ1v) is 6.07. The second-order valence-corrected chi connectivity index (χ2v) is 4.68. The van der Waals surface area contributed by atoms with Crippen molar-refractivity contribution in [2.45, 2.75) is 13.5 Å². The van der Waals surface area contributed by atoms with E-state index in [1.54, 1.807) is 19.2 Å². The standard InChI is InChI=1S/C11H9BrClN3O/c1-7-9(12)11(17)16(6-15-7)5-8-3-2-4-14-10(8)13/h2-4,6H,5H2,1H3. The van der Waals surface area contributed by atoms with Crippen LogP contribution in [0.3, 0.4) is 0 Å². The summed E-state index contributed by atoms with van der Waals surface area (Å²) in [6.45, 7) is 2.13. The van der Waals surface area contributed by atoms with Crippen LogP contribution in [0, 0.1) is 6.92 Å². The SMILES string of the molecule is Cc1ncn(Cc2cccnc2Cl)c(=O)c1Br. The monoisotopic (exact) mass is 313 g/mol. The summed E-state index contributed by atoms with van der Waals surface area (Å²) in [7, 11) is 0. The molecule has 0 unspecified atom stereocenters. The van der Waals surface area contributed by atoms with Crippen LogP contribution in [-0.2, 0) is 6.54 Å². The minimum absolute atomic E-state index is 0.127. The van der Waals surface area contributed by atoms with Gasteiger partial charge < -0.3 is 0 Å². The van der Waals surface area contributed by atoms with E-state index in [-0.39, 0.29) is 5.56 Å². The Kier molecular flexibility index (Phi) is 3.59. The summed E-state index contributed by atoms with van der Waals surface area (Å²) in [6.07, 6.45) is 3.11. The van der Waals surface area contributed by atoms with E-state index < -0.39 is 0 Å². The van der Waals surface area contributed by atoms with Gasteiger partial charge in [-0.05, 0) is 28.9 Å². The average Bonchev–Trinajstić information content (AvgIpc) is 2.32. The molecule has 0 spiro atoms. The molecule has 0 atom stereocenters. The van der Waals surface area contributed by atoms with Crippen molar-refractivity contribution in [3.63, 3.8) is 0 Å². The van der Waals surface area contributed by atoms with Gasteiger partial charge in [0.2, 0.25) is 0 Å². The predicted octanol–water partition coefficient (Wildman–Crippen LogP) is 2.41. The lowest BCUT2D eigenvalue weighted by molar-refractivity contribution is 0.722. The molecule has 0 aromatic carbocycles. The molecule has 2 aromatic rings. The van der Waals surface area contributed by atoms with E-state index in [0.717, 1.165) is 5.56 Å². The Labute approximate surface area is 111 Å². The first-order valence-electron chi connectivity index (χ1n) is 4.90. The number of hydrogen-bond donors (Lipinski definition) is 0. The van der Waals surface area contributed by atoms with Crippen LogP contribution in [0.15, 0.2) is 33.9 Å². The minimum atomic E-state index is -0.127. The van der Waals surface area contributed by atoms with Gasteiger partial charge in [-0.2, -0.15) is 0 Å². The molecule has 0 saturated heterocycles. The van der Waals surface area contributed by atoms with Crippen molar-refractivity contribution in [3.8, 4) is 0 Å². The molecule has 6 heteroatoms. The van der Waals surface area contributed by atoms with Crippen LogP contribution >= 0.6 is 27.5 Å². The molecule has 0 fully saturated rings. The summed E-state index contributed by atoms with van der Waals surface area (Å²) in [5.74, 6) is 0. The van der Waals surface area contributed by atoms with Crippen molar-refractivity contribution in [3.05, 3.63) is 55.9 Å². The molecular formula is C11H9BrClN3O. The summed E-state index contributed by atoms with van der Waals surface area (Å²) in [5, 5.41) is 0.399. The molecule has 17 heavy (non-hydrogen) atoms. The van der Waals surface area contributed by atoms with Gasteiger partial charge in [-0.25, -0.2) is 9.97 Å². The van der Waals surface area contributed by atoms with Crippen molar-refractivity contribution in [1.29, 1.82) is 0 Å². The molecule has 0 aliphatic carbocycles. The molecule has 0 aliphatic heterocycles. The molecule has 0 bridgehead atoms. The number of nitrogens with zero attached hydrogens (tertiary/aromatic N) is 3. The van der Waals surface area contributed by atoms with Gasteiger partial charge in [-0.3, -0.25) is 9.36 Å². The fraction of sp³-hybridized carbons (Fsp3) is 0.182. The zero-order valence-electron chi connectivity index (χ0n) is 9.02. The van der Waals surface area contributed by atoms with Crippen molar-refractivity contribution >= 4 is 27.5 Å². The number of rotatable bonds is 2. The lowest BCUT2D eigenvalue weighted by atomic mass is 10.3. The van der Waals surface area contributed by atoms with E-state index >= 15 is 0 Å². The molecule has 2 aromatic heterocycles. The first kappa shape index (κ1) is 12.3. The van der Waals surface area contributed by atoms with Gasteiger partial charge in [-0.15, -0.1) is 0 Å². The maximum Gasteiger partial charge on any atom is 0.268 e. The number of pyridine rings is 1. The second-order valence-electron chi connectivity index (χ2n) is 3.53. The lowest BCUT2D eigenvalue weighted by Crippen LogP contribution is -2.22. The number of hydrogen-bond acceptors (Lipinski definition) is 3. The van der Waals surface area contributed by atoms with E-state index in [0.29, 0.717) is 21.9 Å². The van der Waals surface area contributed by atoms with Gasteiger partial charge in [0.25, 0.3) is 5.56 Å². The van der Waals surface area contributed by atoms with Gasteiger partial charge >= 0.3 is 0 Å². The van der Waals surface area contributed by atoms with Crippen LogP contribution in [0.25, 0.3) is 0 Å². The highest BCUT2D eigenvalue weighted by Gasteiger charge is 2.07. The molecule has 0 N–H and O–H groups in total. The van der Waals surface area contributed by atoms with Crippen LogP contribution in [0.4, 0.5) is 0 Å². The number of aromatic nitrogens is 3. The van der Waals surface area contributed by atoms with Crippen LogP contribution in [0.2, 0.25) is 5.15 Å². The topological polar surface area (TPSA) is 47.8 Å². The molecular weight excluding hydrogens is 305 g/mol. The fourth-order valence-corrected chi connectivity index (χ4v) is 1.89. The normalized spacial score (nSPS) is 10.5. The van der Waals surface area contributed by atoms with Crippen LogP contribution in [0.5, 0.6) is 0 Å². The molecule has 88 valence electrons. The van der Waals surface area contributed by atoms with Crippen molar-refractivity contribution in [1.82, 2.24) is 14.5 Å². The molecule has 0 saturated carbocycles. The summed E-state index contributed by atoms with van der Waals surface area (Å²) >= 11 is 9.16. The van der Waals surface area contributed by atoms with Gasteiger partial charge in [-0.1, -0.05) is 17.7 Å². The van der Waals surface area contributed by atoms with Crippen molar-refractivity contribution in [2.75, 3.05) is 0 Å². The summed E-state index contributed by atoms with van der Waals surface area (Å²) in [4.78, 5) is 20.0. The number of aryl methyl sites for hydroxylation is 1. The Morgan fingerprint density at radius 1 is 1.47 bits per heavy atom. The van der Waals surface area contributed by atoms with E-state index in [4.69, 9.17) is 11.6 Å². The van der Waals surface area contributed by atoms with E-state index in [9.17, 15) is 4.79 Å². The Balaban J connectivity index is 2.41. The molecule has 2 rings (SSSR count). The van der Waals surface area contributed by atoms with Crippen LogP contribution < -0.4 is 5.56 Å². The van der Waals surface area contributed by atoms with Gasteiger partial charge in [0.1, 0.15) is 9.63 Å².